The number of unbranched alkanes of at least 4 members (excludes halogenated alkanes) is 64. The minimum atomic E-state index is -4.39. The largest absolute Gasteiger partial charge is 0.472 e. The van der Waals surface area contributed by atoms with Gasteiger partial charge in [0.2, 0.25) is 0 Å². The number of phosphoric ester groups is 1. The molecule has 1 N–H and O–H groups in total. The van der Waals surface area contributed by atoms with Gasteiger partial charge in [0.1, 0.15) is 19.8 Å². The Morgan fingerprint density at radius 1 is 0.300 bits per heavy atom. The molecule has 0 amide bonds. The number of likely N-dealkylation sites (N-methyl/N-ethyl adjacent to an activating group) is 1. The first kappa shape index (κ1) is 89.0. The van der Waals surface area contributed by atoms with E-state index in [9.17, 15) is 19.0 Å². The summed E-state index contributed by atoms with van der Waals surface area (Å²) < 4.78 is 34.8. The van der Waals surface area contributed by atoms with Crippen molar-refractivity contribution in [2.45, 2.75) is 457 Å². The van der Waals surface area contributed by atoms with Crippen LogP contribution in [-0.2, 0) is 32.7 Å². The molecule has 0 heterocycles. The van der Waals surface area contributed by atoms with Crippen molar-refractivity contribution in [2.75, 3.05) is 47.5 Å². The van der Waals surface area contributed by atoms with Crippen molar-refractivity contribution >= 4 is 19.8 Å². The summed E-state index contributed by atoms with van der Waals surface area (Å²) in [4.78, 5) is 36.0. The Balaban J connectivity index is 3.85. The van der Waals surface area contributed by atoms with Crippen LogP contribution in [0.3, 0.4) is 0 Å². The molecule has 0 fully saturated rings. The normalized spacial score (nSPS) is 12.9. The fourth-order valence-electron chi connectivity index (χ4n) is 12.9. The van der Waals surface area contributed by atoms with Crippen molar-refractivity contribution in [3.63, 3.8) is 0 Å². The maximum absolute atomic E-state index is 12.9. The lowest BCUT2D eigenvalue weighted by Crippen LogP contribution is -2.37. The minimum Gasteiger partial charge on any atom is -0.462 e. The van der Waals surface area contributed by atoms with Crippen molar-refractivity contribution < 1.29 is 42.1 Å². The molecule has 0 bridgehead atoms. The quantitative estimate of drug-likeness (QED) is 0.0278. The highest BCUT2D eigenvalue weighted by atomic mass is 31.2. The SMILES string of the molecule is CCCCCCCCCCCCCCCCCCCCCCCCCCCCCCCCCCCCCCCCCC(=O)OC(COC(=O)CCCCCCCCCCCCCCCCCCCCCCCCCCCCC)COP(=O)(O)OCC[N+](C)(C)C. The maximum Gasteiger partial charge on any atom is 0.472 e. The van der Waals surface area contributed by atoms with Gasteiger partial charge in [-0.25, -0.2) is 4.57 Å². The van der Waals surface area contributed by atoms with Crippen LogP contribution in [0.2, 0.25) is 0 Å². The Labute approximate surface area is 563 Å². The molecule has 90 heavy (non-hydrogen) atoms. The average Bonchev–Trinajstić information content (AvgIpc) is 3.58. The van der Waals surface area contributed by atoms with Gasteiger partial charge < -0.3 is 18.9 Å². The molecule has 538 valence electrons. The van der Waals surface area contributed by atoms with Gasteiger partial charge in [0.15, 0.2) is 6.10 Å². The van der Waals surface area contributed by atoms with Crippen LogP contribution >= 0.6 is 7.82 Å². The maximum atomic E-state index is 12.9. The van der Waals surface area contributed by atoms with E-state index >= 15 is 0 Å². The smallest absolute Gasteiger partial charge is 0.462 e. The first-order valence-electron chi connectivity index (χ1n) is 40.8. The summed E-state index contributed by atoms with van der Waals surface area (Å²) in [6, 6.07) is 0. The average molecular weight is 1300 g/mol. The first-order valence-corrected chi connectivity index (χ1v) is 42.3. The summed E-state index contributed by atoms with van der Waals surface area (Å²) >= 11 is 0. The summed E-state index contributed by atoms with van der Waals surface area (Å²) in [5, 5.41) is 0. The first-order chi connectivity index (χ1) is 44.0. The summed E-state index contributed by atoms with van der Waals surface area (Å²) in [6.07, 6.45) is 89.9. The van der Waals surface area contributed by atoms with Crippen molar-refractivity contribution in [2.24, 2.45) is 0 Å². The fraction of sp³-hybridized carbons (Fsp3) is 0.975. The summed E-state index contributed by atoms with van der Waals surface area (Å²) in [5.41, 5.74) is 0. The minimum absolute atomic E-state index is 0.0379. The van der Waals surface area contributed by atoms with Gasteiger partial charge in [-0.2, -0.15) is 0 Å². The van der Waals surface area contributed by atoms with Crippen LogP contribution in [0, 0.1) is 0 Å². The number of ether oxygens (including phenoxy) is 2. The van der Waals surface area contributed by atoms with Gasteiger partial charge in [-0.05, 0) is 12.8 Å². The second kappa shape index (κ2) is 72.3. The van der Waals surface area contributed by atoms with Crippen molar-refractivity contribution in [1.29, 1.82) is 0 Å². The summed E-state index contributed by atoms with van der Waals surface area (Å²) in [7, 11) is 1.51. The highest BCUT2D eigenvalue weighted by Crippen LogP contribution is 2.43. The van der Waals surface area contributed by atoms with Crippen LogP contribution in [0.25, 0.3) is 0 Å². The van der Waals surface area contributed by atoms with Crippen LogP contribution in [0.15, 0.2) is 0 Å². The number of phosphoric acid groups is 1. The van der Waals surface area contributed by atoms with E-state index < -0.39 is 26.5 Å². The zero-order chi connectivity index (χ0) is 65.5. The second-order valence-corrected chi connectivity index (χ2v) is 31.0. The van der Waals surface area contributed by atoms with Gasteiger partial charge in [-0.3, -0.25) is 18.6 Å². The molecule has 0 rings (SSSR count). The van der Waals surface area contributed by atoms with E-state index in [0.717, 1.165) is 38.5 Å². The van der Waals surface area contributed by atoms with E-state index in [0.29, 0.717) is 17.4 Å². The Morgan fingerprint density at radius 3 is 0.711 bits per heavy atom. The summed E-state index contributed by atoms with van der Waals surface area (Å²) in [6.45, 7) is 4.54. The van der Waals surface area contributed by atoms with Crippen LogP contribution in [-0.4, -0.2) is 74.9 Å². The van der Waals surface area contributed by atoms with E-state index in [-0.39, 0.29) is 25.6 Å². The zero-order valence-electron chi connectivity index (χ0n) is 61.7. The van der Waals surface area contributed by atoms with Gasteiger partial charge in [0, 0.05) is 12.8 Å². The van der Waals surface area contributed by atoms with Crippen molar-refractivity contribution in [3.05, 3.63) is 0 Å². The molecule has 10 heteroatoms. The van der Waals surface area contributed by atoms with E-state index in [1.807, 2.05) is 21.1 Å². The number of esters is 2. The van der Waals surface area contributed by atoms with E-state index in [1.165, 1.54) is 385 Å². The highest BCUT2D eigenvalue weighted by molar-refractivity contribution is 7.47. The molecule has 0 aromatic carbocycles. The molecule has 0 aromatic rings. The lowest BCUT2D eigenvalue weighted by atomic mass is 10.0. The Kier molecular flexibility index (Phi) is 71.5. The van der Waals surface area contributed by atoms with Crippen molar-refractivity contribution in [3.8, 4) is 0 Å². The molecule has 0 aromatic heterocycles. The molecular weight excluding hydrogens is 1130 g/mol. The summed E-state index contributed by atoms with van der Waals surface area (Å²) in [5.74, 6) is -0.764. The topological polar surface area (TPSA) is 108 Å². The van der Waals surface area contributed by atoms with Crippen LogP contribution < -0.4 is 0 Å². The van der Waals surface area contributed by atoms with Crippen molar-refractivity contribution in [1.82, 2.24) is 0 Å². The molecular formula is C80H161NO8P+. The highest BCUT2D eigenvalue weighted by Gasteiger charge is 2.27. The second-order valence-electron chi connectivity index (χ2n) is 29.5. The van der Waals surface area contributed by atoms with Crippen LogP contribution in [0.5, 0.6) is 0 Å². The molecule has 0 aliphatic heterocycles. The lowest BCUT2D eigenvalue weighted by molar-refractivity contribution is -0.870. The molecule has 0 radical (unpaired) electrons. The third-order valence-corrected chi connectivity index (χ3v) is 20.1. The monoisotopic (exact) mass is 1300 g/mol. The van der Waals surface area contributed by atoms with Gasteiger partial charge in [-0.15, -0.1) is 0 Å². The molecule has 2 unspecified atom stereocenters. The number of hydrogen-bond acceptors (Lipinski definition) is 7. The van der Waals surface area contributed by atoms with E-state index in [4.69, 9.17) is 18.5 Å². The van der Waals surface area contributed by atoms with E-state index in [1.54, 1.807) is 0 Å². The number of carbonyl (C=O) groups excluding carboxylic acids is 2. The molecule has 0 aliphatic carbocycles. The number of rotatable bonds is 78. The fourth-order valence-corrected chi connectivity index (χ4v) is 13.7. The molecule has 9 nitrogen and oxygen atoms in total. The van der Waals surface area contributed by atoms with Gasteiger partial charge in [-0.1, -0.05) is 425 Å². The molecule has 2 atom stereocenters. The standard InChI is InChI=1S/C80H160NO8P/c1-6-8-10-12-14-16-18-20-22-24-26-28-30-32-34-35-36-37-38-39-40-41-42-43-44-45-47-49-51-53-55-57-59-61-63-65-67-69-71-73-80(83)89-78(77-88-90(84,85)87-75-74-81(3,4)5)76-86-79(82)72-70-68-66-64-62-60-58-56-54-52-50-48-46-33-31-29-27-25-23-21-19-17-15-13-11-9-7-2/h78H,6-77H2,1-5H3/p+1. The number of hydrogen-bond donors (Lipinski definition) is 1. The Morgan fingerprint density at radius 2 is 0.500 bits per heavy atom. The molecule has 0 aliphatic rings. The molecule has 0 saturated heterocycles. The van der Waals surface area contributed by atoms with Gasteiger partial charge >= 0.3 is 19.8 Å². The third-order valence-electron chi connectivity index (χ3n) is 19.1. The number of carbonyl (C=O) groups is 2. The predicted octanol–water partition coefficient (Wildman–Crippen LogP) is 26.8. The number of nitrogens with zero attached hydrogens (tertiary/aromatic N) is 1. The van der Waals surface area contributed by atoms with Crippen LogP contribution in [0.4, 0.5) is 0 Å². The third kappa shape index (κ3) is 76.0. The molecule has 0 spiro atoms. The van der Waals surface area contributed by atoms with Gasteiger partial charge in [0.05, 0.1) is 27.7 Å². The number of quaternary nitrogens is 1. The van der Waals surface area contributed by atoms with E-state index in [2.05, 4.69) is 13.8 Å². The van der Waals surface area contributed by atoms with Gasteiger partial charge in [0.25, 0.3) is 0 Å². The lowest BCUT2D eigenvalue weighted by Gasteiger charge is -2.24. The Bertz CT molecular complexity index is 1470. The van der Waals surface area contributed by atoms with Crippen LogP contribution in [0.1, 0.15) is 450 Å². The molecule has 0 saturated carbocycles. The predicted molar refractivity (Wildman–Crippen MR) is 391 cm³/mol. The zero-order valence-corrected chi connectivity index (χ0v) is 62.6. The Hall–Kier alpha value is -0.990.